The number of hydrogen-bond donors (Lipinski definition) is 1. The molecule has 0 fully saturated rings. The highest BCUT2D eigenvalue weighted by Gasteiger charge is 2.34. The van der Waals surface area contributed by atoms with Gasteiger partial charge in [-0.25, -0.2) is 0 Å². The van der Waals surface area contributed by atoms with Crippen molar-refractivity contribution in [2.24, 2.45) is 5.92 Å². The van der Waals surface area contributed by atoms with Crippen molar-refractivity contribution in [1.29, 1.82) is 0 Å². The summed E-state index contributed by atoms with van der Waals surface area (Å²) in [6, 6.07) is 5.62. The van der Waals surface area contributed by atoms with E-state index >= 15 is 0 Å². The van der Waals surface area contributed by atoms with Crippen molar-refractivity contribution in [3.63, 3.8) is 0 Å². The topological polar surface area (TPSA) is 12.0 Å². The molecule has 1 aromatic carbocycles. The molecule has 108 valence electrons. The lowest BCUT2D eigenvalue weighted by Gasteiger charge is -2.24. The van der Waals surface area contributed by atoms with Crippen LogP contribution in [0.4, 0.5) is 13.2 Å². The van der Waals surface area contributed by atoms with Crippen LogP contribution in [-0.4, -0.2) is 6.54 Å². The summed E-state index contributed by atoms with van der Waals surface area (Å²) >= 11 is 0. The summed E-state index contributed by atoms with van der Waals surface area (Å²) in [5.41, 5.74) is -0.165. The number of hydrogen-bond acceptors (Lipinski definition) is 1. The maximum Gasteiger partial charge on any atom is 0.416 e. The second-order valence-corrected chi connectivity index (χ2v) is 5.22. The van der Waals surface area contributed by atoms with E-state index in [0.717, 1.165) is 19.0 Å². The van der Waals surface area contributed by atoms with E-state index in [-0.39, 0.29) is 6.04 Å². The molecule has 0 radical (unpaired) electrons. The zero-order valence-corrected chi connectivity index (χ0v) is 11.7. The molecule has 1 rings (SSSR count). The zero-order chi connectivity index (χ0) is 14.5. The number of rotatable bonds is 6. The van der Waals surface area contributed by atoms with Crippen LogP contribution >= 0.6 is 0 Å². The first-order chi connectivity index (χ1) is 8.86. The van der Waals surface area contributed by atoms with E-state index in [0.29, 0.717) is 17.9 Å². The molecular weight excluding hydrogens is 251 g/mol. The van der Waals surface area contributed by atoms with Gasteiger partial charge in [-0.3, -0.25) is 0 Å². The molecule has 0 saturated carbocycles. The van der Waals surface area contributed by atoms with Crippen LogP contribution in [0.2, 0.25) is 0 Å². The lowest BCUT2D eigenvalue weighted by atomic mass is 9.93. The summed E-state index contributed by atoms with van der Waals surface area (Å²) in [4.78, 5) is 0. The Bertz CT molecular complexity index is 385. The summed E-state index contributed by atoms with van der Waals surface area (Å²) in [5, 5.41) is 3.23. The molecule has 1 unspecified atom stereocenters. The zero-order valence-electron chi connectivity index (χ0n) is 11.7. The SMILES string of the molecule is CCCNC(CC(C)C)c1ccccc1C(F)(F)F. The molecule has 4 heteroatoms. The molecule has 0 bridgehead atoms. The van der Waals surface area contributed by atoms with Gasteiger partial charge in [0.25, 0.3) is 0 Å². The highest BCUT2D eigenvalue weighted by atomic mass is 19.4. The van der Waals surface area contributed by atoms with Crippen molar-refractivity contribution in [2.45, 2.75) is 45.8 Å². The number of halogens is 3. The molecular formula is C15H22F3N. The molecule has 0 aliphatic heterocycles. The van der Waals surface area contributed by atoms with E-state index in [1.54, 1.807) is 12.1 Å². The molecule has 0 aromatic heterocycles. The summed E-state index contributed by atoms with van der Waals surface area (Å²) < 4.78 is 39.1. The van der Waals surface area contributed by atoms with Crippen LogP contribution in [0.3, 0.4) is 0 Å². The fourth-order valence-electron chi connectivity index (χ4n) is 2.17. The van der Waals surface area contributed by atoms with Crippen molar-refractivity contribution in [3.8, 4) is 0 Å². The fraction of sp³-hybridized carbons (Fsp3) is 0.600. The maximum absolute atomic E-state index is 13.0. The first kappa shape index (κ1) is 16.0. The van der Waals surface area contributed by atoms with Crippen molar-refractivity contribution in [2.75, 3.05) is 6.54 Å². The van der Waals surface area contributed by atoms with Crippen molar-refractivity contribution in [3.05, 3.63) is 35.4 Å². The number of benzene rings is 1. The monoisotopic (exact) mass is 273 g/mol. The molecule has 1 nitrogen and oxygen atoms in total. The maximum atomic E-state index is 13.0. The van der Waals surface area contributed by atoms with Crippen LogP contribution in [-0.2, 0) is 6.18 Å². The first-order valence-corrected chi connectivity index (χ1v) is 6.75. The van der Waals surface area contributed by atoms with Crippen LogP contribution in [0.5, 0.6) is 0 Å². The minimum atomic E-state index is -4.29. The molecule has 0 aliphatic rings. The summed E-state index contributed by atoms with van der Waals surface area (Å²) in [6.45, 7) is 6.78. The second kappa shape index (κ2) is 6.94. The van der Waals surface area contributed by atoms with E-state index in [1.807, 2.05) is 20.8 Å². The van der Waals surface area contributed by atoms with E-state index < -0.39 is 11.7 Å². The number of nitrogens with one attached hydrogen (secondary N) is 1. The third-order valence-electron chi connectivity index (χ3n) is 2.99. The molecule has 0 aliphatic carbocycles. The molecule has 1 N–H and O–H groups in total. The molecule has 0 heterocycles. The Labute approximate surface area is 113 Å². The average Bonchev–Trinajstić information content (AvgIpc) is 2.33. The van der Waals surface area contributed by atoms with Gasteiger partial charge in [0.05, 0.1) is 5.56 Å². The van der Waals surface area contributed by atoms with Gasteiger partial charge >= 0.3 is 6.18 Å². The first-order valence-electron chi connectivity index (χ1n) is 6.75. The van der Waals surface area contributed by atoms with Crippen LogP contribution in [0.1, 0.15) is 50.8 Å². The van der Waals surface area contributed by atoms with Crippen molar-refractivity contribution >= 4 is 0 Å². The quantitative estimate of drug-likeness (QED) is 0.785. The predicted molar refractivity (Wildman–Crippen MR) is 71.9 cm³/mol. The van der Waals surface area contributed by atoms with E-state index in [1.165, 1.54) is 6.07 Å². The molecule has 1 aromatic rings. The van der Waals surface area contributed by atoms with Gasteiger partial charge in [-0.1, -0.05) is 39.0 Å². The van der Waals surface area contributed by atoms with Gasteiger partial charge in [0.2, 0.25) is 0 Å². The van der Waals surface area contributed by atoms with Crippen LogP contribution in [0.15, 0.2) is 24.3 Å². The molecule has 0 spiro atoms. The Hall–Kier alpha value is -1.03. The Morgan fingerprint density at radius 2 is 1.79 bits per heavy atom. The number of alkyl halides is 3. The normalized spacial score (nSPS) is 13.8. The Balaban J connectivity index is 3.07. The van der Waals surface area contributed by atoms with E-state index in [2.05, 4.69) is 5.32 Å². The predicted octanol–water partition coefficient (Wildman–Crippen LogP) is 4.79. The smallest absolute Gasteiger partial charge is 0.310 e. The molecule has 0 saturated heterocycles. The van der Waals surface area contributed by atoms with Crippen molar-refractivity contribution < 1.29 is 13.2 Å². The van der Waals surface area contributed by atoms with Gasteiger partial charge in [-0.05, 0) is 36.9 Å². The third kappa shape index (κ3) is 4.86. The Kier molecular flexibility index (Phi) is 5.85. The highest BCUT2D eigenvalue weighted by molar-refractivity contribution is 5.32. The third-order valence-corrected chi connectivity index (χ3v) is 2.99. The van der Waals surface area contributed by atoms with Crippen LogP contribution in [0, 0.1) is 5.92 Å². The minimum absolute atomic E-state index is 0.238. The highest BCUT2D eigenvalue weighted by Crippen LogP contribution is 2.36. The summed E-state index contributed by atoms with van der Waals surface area (Å²) in [6.07, 6.45) is -2.68. The van der Waals surface area contributed by atoms with Gasteiger partial charge in [-0.15, -0.1) is 0 Å². The van der Waals surface area contributed by atoms with Gasteiger partial charge in [-0.2, -0.15) is 13.2 Å². The summed E-state index contributed by atoms with van der Waals surface area (Å²) in [5.74, 6) is 0.343. The van der Waals surface area contributed by atoms with Crippen LogP contribution < -0.4 is 5.32 Å². The largest absolute Gasteiger partial charge is 0.416 e. The van der Waals surface area contributed by atoms with E-state index in [9.17, 15) is 13.2 Å². The lowest BCUT2D eigenvalue weighted by Crippen LogP contribution is -2.26. The van der Waals surface area contributed by atoms with Gasteiger partial charge in [0.15, 0.2) is 0 Å². The minimum Gasteiger partial charge on any atom is -0.310 e. The second-order valence-electron chi connectivity index (χ2n) is 5.22. The van der Waals surface area contributed by atoms with Gasteiger partial charge < -0.3 is 5.32 Å². The fourth-order valence-corrected chi connectivity index (χ4v) is 2.17. The Morgan fingerprint density at radius 1 is 1.16 bits per heavy atom. The molecule has 19 heavy (non-hydrogen) atoms. The standard InChI is InChI=1S/C15H22F3N/c1-4-9-19-14(10-11(2)3)12-7-5-6-8-13(12)15(16,17)18/h5-8,11,14,19H,4,9-10H2,1-3H3. The van der Waals surface area contributed by atoms with Gasteiger partial charge in [0, 0.05) is 6.04 Å². The molecule has 0 amide bonds. The Morgan fingerprint density at radius 3 is 2.32 bits per heavy atom. The van der Waals surface area contributed by atoms with E-state index in [4.69, 9.17) is 0 Å². The lowest BCUT2D eigenvalue weighted by molar-refractivity contribution is -0.138. The average molecular weight is 273 g/mol. The van der Waals surface area contributed by atoms with Gasteiger partial charge in [0.1, 0.15) is 0 Å². The molecule has 1 atom stereocenters. The summed E-state index contributed by atoms with van der Waals surface area (Å²) in [7, 11) is 0. The van der Waals surface area contributed by atoms with Crippen molar-refractivity contribution in [1.82, 2.24) is 5.32 Å². The van der Waals surface area contributed by atoms with Crippen LogP contribution in [0.25, 0.3) is 0 Å².